The molecular formula is C15H16N8O2. The summed E-state index contributed by atoms with van der Waals surface area (Å²) in [6, 6.07) is 1.74. The summed E-state index contributed by atoms with van der Waals surface area (Å²) in [6.45, 7) is 2.87. The molecule has 4 heterocycles. The smallest absolute Gasteiger partial charge is 0.277 e. The molecule has 3 aromatic heterocycles. The van der Waals surface area contributed by atoms with E-state index in [-0.39, 0.29) is 0 Å². The van der Waals surface area contributed by atoms with Crippen LogP contribution in [0.5, 0.6) is 0 Å². The Hall–Kier alpha value is -2.88. The molecule has 1 aliphatic carbocycles. The molecule has 1 N–H and O–H groups in total. The molecule has 0 amide bonds. The number of ether oxygens (including phenoxy) is 1. The lowest BCUT2D eigenvalue weighted by Crippen LogP contribution is -2.37. The van der Waals surface area contributed by atoms with Crippen LogP contribution in [0.15, 0.2) is 16.8 Å². The molecule has 1 saturated heterocycles. The number of H-pyrrole nitrogens is 1. The number of nitrogens with one attached hydrogen (secondary N) is 1. The molecule has 1 saturated carbocycles. The summed E-state index contributed by atoms with van der Waals surface area (Å²) in [5, 5.41) is 11.1. The van der Waals surface area contributed by atoms with Gasteiger partial charge >= 0.3 is 0 Å². The van der Waals surface area contributed by atoms with E-state index >= 15 is 0 Å². The van der Waals surface area contributed by atoms with Crippen molar-refractivity contribution in [2.45, 2.75) is 18.8 Å². The first-order valence-electron chi connectivity index (χ1n) is 8.29. The van der Waals surface area contributed by atoms with Crippen LogP contribution in [0.25, 0.3) is 23.2 Å². The topological polar surface area (TPSA) is 119 Å². The number of anilines is 1. The molecule has 3 aromatic rings. The zero-order valence-electron chi connectivity index (χ0n) is 13.4. The Morgan fingerprint density at radius 2 is 1.96 bits per heavy atom. The van der Waals surface area contributed by atoms with Gasteiger partial charge in [0.15, 0.2) is 0 Å². The minimum atomic E-state index is 0.324. The van der Waals surface area contributed by atoms with Crippen LogP contribution >= 0.6 is 0 Å². The molecule has 0 aromatic carbocycles. The third kappa shape index (κ3) is 2.84. The summed E-state index contributed by atoms with van der Waals surface area (Å²) >= 11 is 0. The van der Waals surface area contributed by atoms with Gasteiger partial charge < -0.3 is 14.2 Å². The summed E-state index contributed by atoms with van der Waals surface area (Å²) in [5.41, 5.74) is 0.577. The van der Waals surface area contributed by atoms with Gasteiger partial charge in [0.25, 0.3) is 5.89 Å². The van der Waals surface area contributed by atoms with Gasteiger partial charge in [-0.25, -0.2) is 15.0 Å². The SMILES string of the molecule is c1cc(-c2nc(-c3n[nH]c(C4CC4)n3)no2)nc(N2CCOCC2)n1. The monoisotopic (exact) mass is 340 g/mol. The van der Waals surface area contributed by atoms with Gasteiger partial charge in [0.1, 0.15) is 11.5 Å². The number of hydrogen-bond acceptors (Lipinski definition) is 9. The van der Waals surface area contributed by atoms with E-state index in [0.717, 1.165) is 31.8 Å². The molecule has 0 atom stereocenters. The van der Waals surface area contributed by atoms with Gasteiger partial charge in [-0.05, 0) is 18.9 Å². The Labute approximate surface area is 142 Å². The summed E-state index contributed by atoms with van der Waals surface area (Å²) in [4.78, 5) is 19.7. The zero-order valence-corrected chi connectivity index (χ0v) is 13.4. The molecule has 128 valence electrons. The number of aromatic amines is 1. The van der Waals surface area contributed by atoms with E-state index in [4.69, 9.17) is 9.26 Å². The fourth-order valence-corrected chi connectivity index (χ4v) is 2.72. The van der Waals surface area contributed by atoms with E-state index in [1.165, 1.54) is 0 Å². The van der Waals surface area contributed by atoms with Crippen molar-refractivity contribution in [2.75, 3.05) is 31.2 Å². The minimum Gasteiger partial charge on any atom is -0.378 e. The van der Waals surface area contributed by atoms with Crippen LogP contribution in [0.3, 0.4) is 0 Å². The highest BCUT2D eigenvalue weighted by atomic mass is 16.5. The van der Waals surface area contributed by atoms with E-state index in [9.17, 15) is 0 Å². The van der Waals surface area contributed by atoms with E-state index < -0.39 is 0 Å². The van der Waals surface area contributed by atoms with Gasteiger partial charge in [-0.15, -0.1) is 5.10 Å². The summed E-state index contributed by atoms with van der Waals surface area (Å²) in [7, 11) is 0. The first kappa shape index (κ1) is 14.5. The van der Waals surface area contributed by atoms with E-state index in [2.05, 4.69) is 40.2 Å². The number of aromatic nitrogens is 7. The van der Waals surface area contributed by atoms with Gasteiger partial charge in [0.05, 0.1) is 13.2 Å². The molecule has 1 aliphatic heterocycles. The molecule has 10 heteroatoms. The Bertz CT molecular complexity index is 881. The second kappa shape index (κ2) is 5.88. The van der Waals surface area contributed by atoms with Crippen molar-refractivity contribution in [2.24, 2.45) is 0 Å². The van der Waals surface area contributed by atoms with Crippen molar-refractivity contribution >= 4 is 5.95 Å². The van der Waals surface area contributed by atoms with E-state index in [1.54, 1.807) is 12.3 Å². The fourth-order valence-electron chi connectivity index (χ4n) is 2.72. The summed E-state index contributed by atoms with van der Waals surface area (Å²) < 4.78 is 10.7. The molecule has 25 heavy (non-hydrogen) atoms. The predicted molar refractivity (Wildman–Crippen MR) is 85.7 cm³/mol. The molecule has 5 rings (SSSR count). The van der Waals surface area contributed by atoms with Crippen LogP contribution in [0.1, 0.15) is 24.6 Å². The number of rotatable bonds is 4. The second-order valence-electron chi connectivity index (χ2n) is 6.08. The van der Waals surface area contributed by atoms with Crippen LogP contribution in [-0.4, -0.2) is 61.6 Å². The molecule has 0 spiro atoms. The van der Waals surface area contributed by atoms with Crippen molar-refractivity contribution in [1.82, 2.24) is 35.3 Å². The lowest BCUT2D eigenvalue weighted by Gasteiger charge is -2.26. The van der Waals surface area contributed by atoms with Crippen molar-refractivity contribution in [3.63, 3.8) is 0 Å². The lowest BCUT2D eigenvalue weighted by molar-refractivity contribution is 0.122. The first-order chi connectivity index (χ1) is 12.4. The maximum absolute atomic E-state index is 5.36. The highest BCUT2D eigenvalue weighted by Gasteiger charge is 2.28. The van der Waals surface area contributed by atoms with Gasteiger partial charge in [-0.2, -0.15) is 4.98 Å². The molecule has 2 aliphatic rings. The van der Waals surface area contributed by atoms with Crippen LogP contribution in [0.2, 0.25) is 0 Å². The third-order valence-corrected chi connectivity index (χ3v) is 4.25. The average Bonchev–Trinajstić information content (AvgIpc) is 3.20. The highest BCUT2D eigenvalue weighted by molar-refractivity contribution is 5.53. The Balaban J connectivity index is 1.40. The van der Waals surface area contributed by atoms with Crippen LogP contribution in [0.4, 0.5) is 5.95 Å². The van der Waals surface area contributed by atoms with Gasteiger partial charge in [0.2, 0.25) is 17.6 Å². The van der Waals surface area contributed by atoms with E-state index in [0.29, 0.717) is 48.3 Å². The summed E-state index contributed by atoms with van der Waals surface area (Å²) in [5.74, 6) is 3.13. The molecule has 0 bridgehead atoms. The first-order valence-corrected chi connectivity index (χ1v) is 8.29. The van der Waals surface area contributed by atoms with Gasteiger partial charge in [0, 0.05) is 25.2 Å². The maximum atomic E-state index is 5.36. The molecular weight excluding hydrogens is 324 g/mol. The Morgan fingerprint density at radius 1 is 1.08 bits per heavy atom. The maximum Gasteiger partial charge on any atom is 0.277 e. The molecule has 2 fully saturated rings. The van der Waals surface area contributed by atoms with E-state index in [1.807, 2.05) is 0 Å². The fraction of sp³-hybridized carbons (Fsp3) is 0.467. The van der Waals surface area contributed by atoms with Crippen molar-refractivity contribution in [3.05, 3.63) is 18.1 Å². The Kier molecular flexibility index (Phi) is 3.40. The number of morpholine rings is 1. The van der Waals surface area contributed by atoms with Crippen molar-refractivity contribution in [1.29, 1.82) is 0 Å². The normalized spacial score (nSPS) is 17.8. The van der Waals surface area contributed by atoms with Crippen LogP contribution in [-0.2, 0) is 4.74 Å². The van der Waals surface area contributed by atoms with Gasteiger partial charge in [-0.3, -0.25) is 5.10 Å². The molecule has 10 nitrogen and oxygen atoms in total. The van der Waals surface area contributed by atoms with Crippen molar-refractivity contribution < 1.29 is 9.26 Å². The number of hydrogen-bond donors (Lipinski definition) is 1. The minimum absolute atomic E-state index is 0.324. The largest absolute Gasteiger partial charge is 0.378 e. The summed E-state index contributed by atoms with van der Waals surface area (Å²) in [6.07, 6.45) is 3.99. The Morgan fingerprint density at radius 3 is 2.80 bits per heavy atom. The van der Waals surface area contributed by atoms with Crippen LogP contribution < -0.4 is 4.90 Å². The van der Waals surface area contributed by atoms with Crippen molar-refractivity contribution in [3.8, 4) is 23.2 Å². The highest BCUT2D eigenvalue weighted by Crippen LogP contribution is 2.38. The standard InChI is InChI=1S/C15H16N8O2/c1-2-9(1)11-18-12(21-20-11)13-19-14(25-22-13)10-3-4-16-15(17-10)23-5-7-24-8-6-23/h3-4,9H,1-2,5-8H2,(H,18,20,21). The zero-order chi connectivity index (χ0) is 16.6. The lowest BCUT2D eigenvalue weighted by atomic mass is 10.4. The second-order valence-corrected chi connectivity index (χ2v) is 6.08. The quantitative estimate of drug-likeness (QED) is 0.742. The molecule has 0 radical (unpaired) electrons. The van der Waals surface area contributed by atoms with Crippen LogP contribution in [0, 0.1) is 0 Å². The molecule has 0 unspecified atom stereocenters. The average molecular weight is 340 g/mol. The number of nitrogens with zero attached hydrogens (tertiary/aromatic N) is 7. The van der Waals surface area contributed by atoms with Gasteiger partial charge in [-0.1, -0.05) is 5.16 Å². The predicted octanol–water partition coefficient (Wildman–Crippen LogP) is 1.03. The third-order valence-electron chi connectivity index (χ3n) is 4.25.